The molecule has 0 atom stereocenters. The number of pyridine rings is 2. The van der Waals surface area contributed by atoms with Crippen molar-refractivity contribution in [2.75, 3.05) is 13.7 Å². The summed E-state index contributed by atoms with van der Waals surface area (Å²) in [6, 6.07) is 13.0. The van der Waals surface area contributed by atoms with E-state index in [2.05, 4.69) is 5.32 Å². The number of fused-ring (bicyclic) bond motifs is 3. The number of hydrogen-bond acceptors (Lipinski definition) is 4. The number of rotatable bonds is 5. The number of carbonyl (C=O) groups is 1. The molecule has 1 aliphatic rings. The molecule has 3 heterocycles. The van der Waals surface area contributed by atoms with E-state index in [0.717, 1.165) is 15.6 Å². The predicted molar refractivity (Wildman–Crippen MR) is 116 cm³/mol. The molecule has 1 amide bonds. The van der Waals surface area contributed by atoms with Crippen molar-refractivity contribution in [3.05, 3.63) is 70.0 Å². The van der Waals surface area contributed by atoms with Gasteiger partial charge in [-0.25, -0.2) is 0 Å². The third-order valence-corrected chi connectivity index (χ3v) is 6.36. The Morgan fingerprint density at radius 3 is 2.90 bits per heavy atom. The molecule has 6 heteroatoms. The Morgan fingerprint density at radius 1 is 1.24 bits per heavy atom. The number of methoxy groups -OCH3 is 1. The van der Waals surface area contributed by atoms with Gasteiger partial charge in [0.15, 0.2) is 0 Å². The van der Waals surface area contributed by atoms with Gasteiger partial charge in [-0.1, -0.05) is 12.1 Å². The Bertz CT molecular complexity index is 1300. The maximum atomic E-state index is 13.3. The van der Waals surface area contributed by atoms with E-state index in [1.165, 1.54) is 12.8 Å². The quantitative estimate of drug-likeness (QED) is 0.539. The van der Waals surface area contributed by atoms with Crippen molar-refractivity contribution in [2.24, 2.45) is 5.92 Å². The lowest BCUT2D eigenvalue weighted by Crippen LogP contribution is -2.28. The Hall–Kier alpha value is -3.12. The van der Waals surface area contributed by atoms with E-state index in [9.17, 15) is 9.59 Å². The predicted octanol–water partition coefficient (Wildman–Crippen LogP) is 4.33. The summed E-state index contributed by atoms with van der Waals surface area (Å²) in [5, 5.41) is 6.07. The van der Waals surface area contributed by atoms with Crippen molar-refractivity contribution in [3.8, 4) is 16.9 Å². The Labute approximate surface area is 171 Å². The normalized spacial score (nSPS) is 13.7. The van der Waals surface area contributed by atoms with Crippen LogP contribution in [0.15, 0.2) is 58.8 Å². The maximum absolute atomic E-state index is 13.3. The first-order valence-corrected chi connectivity index (χ1v) is 10.5. The number of thiophene rings is 1. The Kier molecular flexibility index (Phi) is 4.36. The van der Waals surface area contributed by atoms with Crippen molar-refractivity contribution >= 4 is 32.8 Å². The van der Waals surface area contributed by atoms with Gasteiger partial charge in [-0.15, -0.1) is 11.3 Å². The number of aromatic nitrogens is 1. The van der Waals surface area contributed by atoms with Gasteiger partial charge in [0.25, 0.3) is 11.5 Å². The minimum atomic E-state index is -0.151. The van der Waals surface area contributed by atoms with E-state index < -0.39 is 0 Å². The fourth-order valence-electron chi connectivity index (χ4n) is 3.63. The molecule has 0 unspecified atom stereocenters. The molecule has 4 aromatic rings. The number of carbonyl (C=O) groups excluding carboxylic acids is 1. The Morgan fingerprint density at radius 2 is 2.10 bits per heavy atom. The summed E-state index contributed by atoms with van der Waals surface area (Å²) < 4.78 is 7.85. The van der Waals surface area contributed by atoms with E-state index in [0.29, 0.717) is 34.9 Å². The first-order valence-electron chi connectivity index (χ1n) is 9.64. The van der Waals surface area contributed by atoms with Crippen LogP contribution < -0.4 is 15.6 Å². The van der Waals surface area contributed by atoms with Gasteiger partial charge in [-0.2, -0.15) is 0 Å². The summed E-state index contributed by atoms with van der Waals surface area (Å²) in [6.07, 6.45) is 4.09. The van der Waals surface area contributed by atoms with Crippen LogP contribution in [0.1, 0.15) is 23.2 Å². The molecule has 0 radical (unpaired) electrons. The van der Waals surface area contributed by atoms with Gasteiger partial charge in [-0.05, 0) is 65.4 Å². The molecule has 3 aromatic heterocycles. The lowest BCUT2D eigenvalue weighted by Gasteiger charge is -2.13. The zero-order chi connectivity index (χ0) is 20.0. The first kappa shape index (κ1) is 17.9. The van der Waals surface area contributed by atoms with Crippen molar-refractivity contribution in [2.45, 2.75) is 12.8 Å². The summed E-state index contributed by atoms with van der Waals surface area (Å²) >= 11 is 1.54. The SMILES string of the molecule is COc1cccc(-c2cc(C(=O)NCC3CC3)c3c4sccc4ccn3c2=O)c1. The summed E-state index contributed by atoms with van der Waals surface area (Å²) in [5.74, 6) is 1.11. The monoisotopic (exact) mass is 404 g/mol. The highest BCUT2D eigenvalue weighted by Gasteiger charge is 2.24. The second kappa shape index (κ2) is 7.04. The van der Waals surface area contributed by atoms with E-state index in [-0.39, 0.29) is 11.5 Å². The Balaban J connectivity index is 1.76. The van der Waals surface area contributed by atoms with Crippen LogP contribution in [-0.2, 0) is 0 Å². The van der Waals surface area contributed by atoms with Gasteiger partial charge in [0.1, 0.15) is 5.75 Å². The largest absolute Gasteiger partial charge is 0.497 e. The van der Waals surface area contributed by atoms with Crippen LogP contribution in [0.4, 0.5) is 0 Å². The summed E-state index contributed by atoms with van der Waals surface area (Å²) in [4.78, 5) is 26.5. The minimum Gasteiger partial charge on any atom is -0.497 e. The summed E-state index contributed by atoms with van der Waals surface area (Å²) in [7, 11) is 1.59. The highest BCUT2D eigenvalue weighted by molar-refractivity contribution is 7.18. The van der Waals surface area contributed by atoms with Crippen molar-refractivity contribution in [3.63, 3.8) is 0 Å². The van der Waals surface area contributed by atoms with Gasteiger partial charge in [-0.3, -0.25) is 14.0 Å². The minimum absolute atomic E-state index is 0.139. The van der Waals surface area contributed by atoms with Crippen LogP contribution in [0.3, 0.4) is 0 Å². The molecule has 0 spiro atoms. The molecule has 146 valence electrons. The third-order valence-electron chi connectivity index (χ3n) is 5.42. The van der Waals surface area contributed by atoms with Gasteiger partial charge >= 0.3 is 0 Å². The highest BCUT2D eigenvalue weighted by Crippen LogP contribution is 2.31. The molecule has 1 N–H and O–H groups in total. The van der Waals surface area contributed by atoms with E-state index in [4.69, 9.17) is 4.74 Å². The molecule has 1 fully saturated rings. The third kappa shape index (κ3) is 3.19. The lowest BCUT2D eigenvalue weighted by atomic mass is 10.0. The van der Waals surface area contributed by atoms with E-state index >= 15 is 0 Å². The fourth-order valence-corrected chi connectivity index (χ4v) is 4.57. The molecule has 1 aliphatic carbocycles. The zero-order valence-electron chi connectivity index (χ0n) is 16.0. The van der Waals surface area contributed by atoms with E-state index in [1.807, 2.05) is 41.8 Å². The highest BCUT2D eigenvalue weighted by atomic mass is 32.1. The summed E-state index contributed by atoms with van der Waals surface area (Å²) in [6.45, 7) is 0.680. The van der Waals surface area contributed by atoms with Crippen LogP contribution in [0.25, 0.3) is 26.7 Å². The number of amides is 1. The number of benzene rings is 1. The van der Waals surface area contributed by atoms with Gasteiger partial charge in [0.2, 0.25) is 0 Å². The maximum Gasteiger partial charge on any atom is 0.263 e. The molecule has 5 rings (SSSR count). The molecular weight excluding hydrogens is 384 g/mol. The molecule has 1 saturated carbocycles. The molecule has 5 nitrogen and oxygen atoms in total. The average Bonchev–Trinajstić information content (AvgIpc) is 3.46. The smallest absolute Gasteiger partial charge is 0.263 e. The van der Waals surface area contributed by atoms with Crippen LogP contribution >= 0.6 is 11.3 Å². The van der Waals surface area contributed by atoms with Gasteiger partial charge in [0.05, 0.1) is 22.9 Å². The standard InChI is InChI=1S/C23H20N2O3S/c1-28-17-4-2-3-16(11-17)18-12-19(22(26)24-13-14-5-6-14)20-21-15(8-10-29-21)7-9-25(20)23(18)27/h2-4,7-12,14H,5-6,13H2,1H3,(H,24,26). The van der Waals surface area contributed by atoms with Crippen LogP contribution in [0.5, 0.6) is 5.75 Å². The zero-order valence-corrected chi connectivity index (χ0v) is 16.8. The number of ether oxygens (including phenoxy) is 1. The molecule has 0 saturated heterocycles. The molecule has 1 aromatic carbocycles. The van der Waals surface area contributed by atoms with Crippen molar-refractivity contribution in [1.29, 1.82) is 0 Å². The van der Waals surface area contributed by atoms with Crippen molar-refractivity contribution in [1.82, 2.24) is 9.72 Å². The molecule has 0 aliphatic heterocycles. The first-order chi connectivity index (χ1) is 14.2. The number of nitrogens with one attached hydrogen (secondary N) is 1. The average molecular weight is 404 g/mol. The van der Waals surface area contributed by atoms with Crippen LogP contribution in [0.2, 0.25) is 0 Å². The van der Waals surface area contributed by atoms with Crippen LogP contribution in [0, 0.1) is 5.92 Å². The summed E-state index contributed by atoms with van der Waals surface area (Å²) in [5.41, 5.74) is 2.25. The topological polar surface area (TPSA) is 59.8 Å². The molecule has 0 bridgehead atoms. The fraction of sp³-hybridized carbons (Fsp3) is 0.217. The van der Waals surface area contributed by atoms with Gasteiger partial charge < -0.3 is 10.1 Å². The molecular formula is C23H20N2O3S. The lowest BCUT2D eigenvalue weighted by molar-refractivity contribution is 0.0953. The van der Waals surface area contributed by atoms with Crippen molar-refractivity contribution < 1.29 is 9.53 Å². The second-order valence-electron chi connectivity index (χ2n) is 7.40. The number of nitrogens with zero attached hydrogens (tertiary/aromatic N) is 1. The number of hydrogen-bond donors (Lipinski definition) is 1. The van der Waals surface area contributed by atoms with Crippen LogP contribution in [-0.4, -0.2) is 24.0 Å². The second-order valence-corrected chi connectivity index (χ2v) is 8.32. The van der Waals surface area contributed by atoms with Gasteiger partial charge in [0, 0.05) is 18.3 Å². The van der Waals surface area contributed by atoms with E-state index in [1.54, 1.807) is 35.1 Å². The molecule has 29 heavy (non-hydrogen) atoms.